The average Bonchev–Trinajstić information content (AvgIpc) is 2.00. The van der Waals surface area contributed by atoms with Crippen LogP contribution in [0.5, 0.6) is 0 Å². The summed E-state index contributed by atoms with van der Waals surface area (Å²) >= 11 is 0. The van der Waals surface area contributed by atoms with Gasteiger partial charge in [-0.15, -0.1) is 0 Å². The van der Waals surface area contributed by atoms with E-state index in [1.54, 1.807) is 12.3 Å². The van der Waals surface area contributed by atoms with E-state index in [2.05, 4.69) is 9.97 Å². The molecule has 0 atom stereocenters. The number of rotatable bonds is 1. The Labute approximate surface area is 71.5 Å². The largest absolute Gasteiger partial charge is 0.384 e. The van der Waals surface area contributed by atoms with E-state index < -0.39 is 5.60 Å². The Balaban J connectivity index is 2.33. The summed E-state index contributed by atoms with van der Waals surface area (Å²) in [4.78, 5) is 8.20. The highest BCUT2D eigenvalue weighted by atomic mass is 16.3. The number of aryl methyl sites for hydroxylation is 1. The molecule has 2 rings (SSSR count). The van der Waals surface area contributed by atoms with Crippen molar-refractivity contribution in [1.29, 1.82) is 0 Å². The second-order valence-corrected chi connectivity index (χ2v) is 3.37. The van der Waals surface area contributed by atoms with Gasteiger partial charge in [0.1, 0.15) is 11.4 Å². The highest BCUT2D eigenvalue weighted by Gasteiger charge is 2.37. The van der Waals surface area contributed by atoms with Gasteiger partial charge >= 0.3 is 0 Å². The van der Waals surface area contributed by atoms with E-state index >= 15 is 0 Å². The van der Waals surface area contributed by atoms with E-state index in [1.165, 1.54) is 0 Å². The van der Waals surface area contributed by atoms with Gasteiger partial charge in [0.05, 0.1) is 5.69 Å². The topological polar surface area (TPSA) is 46.0 Å². The van der Waals surface area contributed by atoms with Gasteiger partial charge in [0, 0.05) is 6.20 Å². The molecule has 0 saturated heterocycles. The Bertz CT molecular complexity index is 294. The molecular formula is C9H12N2O. The van der Waals surface area contributed by atoms with E-state index in [0.717, 1.165) is 30.8 Å². The first-order valence-electron chi connectivity index (χ1n) is 4.23. The number of hydrogen-bond donors (Lipinski definition) is 1. The van der Waals surface area contributed by atoms with Crippen molar-refractivity contribution < 1.29 is 5.11 Å². The molecule has 0 bridgehead atoms. The fraction of sp³-hybridized carbons (Fsp3) is 0.556. The summed E-state index contributed by atoms with van der Waals surface area (Å²) in [5.74, 6) is 0.729. The highest BCUT2D eigenvalue weighted by molar-refractivity contribution is 5.14. The van der Waals surface area contributed by atoms with Gasteiger partial charge in [0.2, 0.25) is 0 Å². The second kappa shape index (κ2) is 2.52. The molecule has 1 aliphatic carbocycles. The summed E-state index contributed by atoms with van der Waals surface area (Å²) in [5.41, 5.74) is 0.134. The van der Waals surface area contributed by atoms with Crippen molar-refractivity contribution in [3.8, 4) is 0 Å². The van der Waals surface area contributed by atoms with Gasteiger partial charge < -0.3 is 5.11 Å². The fourth-order valence-corrected chi connectivity index (χ4v) is 1.48. The molecule has 0 amide bonds. The molecule has 1 aliphatic rings. The molecular weight excluding hydrogens is 152 g/mol. The Morgan fingerprint density at radius 1 is 1.50 bits per heavy atom. The summed E-state index contributed by atoms with van der Waals surface area (Å²) in [6, 6.07) is 1.80. The predicted octanol–water partition coefficient (Wildman–Crippen LogP) is 1.16. The van der Waals surface area contributed by atoms with Crippen molar-refractivity contribution in [3.63, 3.8) is 0 Å². The molecule has 0 radical (unpaired) electrons. The molecule has 64 valence electrons. The monoisotopic (exact) mass is 164 g/mol. The molecule has 0 aromatic carbocycles. The van der Waals surface area contributed by atoms with Crippen molar-refractivity contribution in [2.75, 3.05) is 0 Å². The zero-order valence-electron chi connectivity index (χ0n) is 7.12. The van der Waals surface area contributed by atoms with Crippen LogP contribution in [0, 0.1) is 6.92 Å². The van der Waals surface area contributed by atoms with E-state index in [9.17, 15) is 5.11 Å². The van der Waals surface area contributed by atoms with Gasteiger partial charge in [-0.2, -0.15) is 0 Å². The smallest absolute Gasteiger partial charge is 0.125 e. The number of aromatic nitrogens is 2. The van der Waals surface area contributed by atoms with Gasteiger partial charge in [0.15, 0.2) is 0 Å². The minimum Gasteiger partial charge on any atom is -0.384 e. The minimum absolute atomic E-state index is 0.645. The highest BCUT2D eigenvalue weighted by Crippen LogP contribution is 2.39. The summed E-state index contributed by atoms with van der Waals surface area (Å²) in [5, 5.41) is 9.92. The van der Waals surface area contributed by atoms with Crippen LogP contribution in [0.15, 0.2) is 12.3 Å². The zero-order chi connectivity index (χ0) is 8.60. The lowest BCUT2D eigenvalue weighted by Crippen LogP contribution is -2.34. The van der Waals surface area contributed by atoms with Crippen LogP contribution in [0.4, 0.5) is 0 Å². The normalized spacial score (nSPS) is 20.2. The maximum atomic E-state index is 9.92. The molecule has 3 heteroatoms. The quantitative estimate of drug-likeness (QED) is 0.677. The SMILES string of the molecule is Cc1nccc(C2(O)CCC2)n1. The standard InChI is InChI=1S/C9H12N2O/c1-7-10-6-3-8(11-7)9(12)4-2-5-9/h3,6,12H,2,4-5H2,1H3. The van der Waals surface area contributed by atoms with E-state index in [4.69, 9.17) is 0 Å². The first kappa shape index (κ1) is 7.68. The minimum atomic E-state index is -0.645. The van der Waals surface area contributed by atoms with Crippen molar-refractivity contribution >= 4 is 0 Å². The van der Waals surface area contributed by atoms with Crippen LogP contribution in [-0.4, -0.2) is 15.1 Å². The molecule has 0 aliphatic heterocycles. The molecule has 0 spiro atoms. The molecule has 1 fully saturated rings. The molecule has 0 unspecified atom stereocenters. The van der Waals surface area contributed by atoms with Crippen LogP contribution in [0.3, 0.4) is 0 Å². The first-order chi connectivity index (χ1) is 5.71. The lowest BCUT2D eigenvalue weighted by molar-refractivity contribution is -0.0428. The Morgan fingerprint density at radius 2 is 2.25 bits per heavy atom. The summed E-state index contributed by atoms with van der Waals surface area (Å²) in [6.07, 6.45) is 4.47. The van der Waals surface area contributed by atoms with E-state index in [-0.39, 0.29) is 0 Å². The van der Waals surface area contributed by atoms with E-state index in [0.29, 0.717) is 0 Å². The number of hydrogen-bond acceptors (Lipinski definition) is 3. The third-order valence-electron chi connectivity index (χ3n) is 2.43. The molecule has 1 N–H and O–H groups in total. The maximum absolute atomic E-state index is 9.92. The second-order valence-electron chi connectivity index (χ2n) is 3.37. The van der Waals surface area contributed by atoms with Gasteiger partial charge in [-0.3, -0.25) is 0 Å². The first-order valence-corrected chi connectivity index (χ1v) is 4.23. The van der Waals surface area contributed by atoms with Crippen molar-refractivity contribution in [2.24, 2.45) is 0 Å². The van der Waals surface area contributed by atoms with Gasteiger partial charge in [-0.25, -0.2) is 9.97 Å². The lowest BCUT2D eigenvalue weighted by atomic mass is 9.78. The summed E-state index contributed by atoms with van der Waals surface area (Å²) < 4.78 is 0. The maximum Gasteiger partial charge on any atom is 0.125 e. The molecule has 3 nitrogen and oxygen atoms in total. The van der Waals surface area contributed by atoms with E-state index in [1.807, 2.05) is 6.92 Å². The van der Waals surface area contributed by atoms with Crippen LogP contribution in [0.2, 0.25) is 0 Å². The fourth-order valence-electron chi connectivity index (χ4n) is 1.48. The molecule has 1 saturated carbocycles. The van der Waals surface area contributed by atoms with Crippen LogP contribution < -0.4 is 0 Å². The predicted molar refractivity (Wildman–Crippen MR) is 44.5 cm³/mol. The Hall–Kier alpha value is -0.960. The van der Waals surface area contributed by atoms with Crippen LogP contribution >= 0.6 is 0 Å². The van der Waals surface area contributed by atoms with Crippen LogP contribution in [-0.2, 0) is 5.60 Å². The lowest BCUT2D eigenvalue weighted by Gasteiger charge is -2.35. The Morgan fingerprint density at radius 3 is 2.75 bits per heavy atom. The Kier molecular flexibility index (Phi) is 1.61. The third kappa shape index (κ3) is 1.10. The number of nitrogens with zero attached hydrogens (tertiary/aromatic N) is 2. The zero-order valence-corrected chi connectivity index (χ0v) is 7.12. The van der Waals surface area contributed by atoms with Crippen molar-refractivity contribution in [2.45, 2.75) is 31.8 Å². The summed E-state index contributed by atoms with van der Waals surface area (Å²) in [6.45, 7) is 1.84. The van der Waals surface area contributed by atoms with Crippen molar-refractivity contribution in [3.05, 3.63) is 23.8 Å². The average molecular weight is 164 g/mol. The number of aliphatic hydroxyl groups is 1. The van der Waals surface area contributed by atoms with Crippen LogP contribution in [0.25, 0.3) is 0 Å². The van der Waals surface area contributed by atoms with Crippen LogP contribution in [0.1, 0.15) is 30.8 Å². The molecule has 1 heterocycles. The van der Waals surface area contributed by atoms with Crippen molar-refractivity contribution in [1.82, 2.24) is 9.97 Å². The summed E-state index contributed by atoms with van der Waals surface area (Å²) in [7, 11) is 0. The molecule has 1 aromatic heterocycles. The van der Waals surface area contributed by atoms with Gasteiger partial charge in [-0.05, 0) is 32.3 Å². The van der Waals surface area contributed by atoms with Gasteiger partial charge in [0.25, 0.3) is 0 Å². The molecule has 12 heavy (non-hydrogen) atoms. The van der Waals surface area contributed by atoms with Gasteiger partial charge in [-0.1, -0.05) is 0 Å². The molecule has 1 aromatic rings. The third-order valence-corrected chi connectivity index (χ3v) is 2.43.